The van der Waals surface area contributed by atoms with Crippen LogP contribution < -0.4 is 11.3 Å². The third kappa shape index (κ3) is 1.45. The van der Waals surface area contributed by atoms with Gasteiger partial charge in [-0.2, -0.15) is 5.10 Å². The number of carbonyl (C=O) groups is 1. The van der Waals surface area contributed by atoms with Crippen LogP contribution in [0.1, 0.15) is 18.7 Å². The standard InChI is InChI=1S/C7H12N4O/c1-5-3-4-9-11(5)6(2)7(12)10-8/h3-4,6H,8H2,1-2H3,(H,10,12)/t6-/m0/s1. The molecule has 0 unspecified atom stereocenters. The molecule has 0 saturated carbocycles. The van der Waals surface area contributed by atoms with Crippen LogP contribution in [0.15, 0.2) is 12.3 Å². The summed E-state index contributed by atoms with van der Waals surface area (Å²) in [5, 5.41) is 3.98. The number of nitrogens with zero attached hydrogens (tertiary/aromatic N) is 2. The van der Waals surface area contributed by atoms with Gasteiger partial charge in [0.05, 0.1) is 0 Å². The first-order chi connectivity index (χ1) is 5.66. The molecular weight excluding hydrogens is 156 g/mol. The van der Waals surface area contributed by atoms with Gasteiger partial charge < -0.3 is 0 Å². The maximum absolute atomic E-state index is 11.1. The van der Waals surface area contributed by atoms with Crippen LogP contribution >= 0.6 is 0 Å². The zero-order chi connectivity index (χ0) is 9.14. The summed E-state index contributed by atoms with van der Waals surface area (Å²) >= 11 is 0. The van der Waals surface area contributed by atoms with Crippen molar-refractivity contribution in [2.75, 3.05) is 0 Å². The van der Waals surface area contributed by atoms with Crippen molar-refractivity contribution >= 4 is 5.91 Å². The fourth-order valence-corrected chi connectivity index (χ4v) is 1.02. The molecule has 1 aromatic rings. The first kappa shape index (κ1) is 8.73. The second-order valence-corrected chi connectivity index (χ2v) is 2.60. The lowest BCUT2D eigenvalue weighted by molar-refractivity contribution is -0.124. The summed E-state index contributed by atoms with van der Waals surface area (Å²) in [7, 11) is 0. The first-order valence-corrected chi connectivity index (χ1v) is 3.67. The molecule has 12 heavy (non-hydrogen) atoms. The summed E-state index contributed by atoms with van der Waals surface area (Å²) in [5.41, 5.74) is 3.02. The molecule has 0 aliphatic carbocycles. The Labute approximate surface area is 70.5 Å². The minimum absolute atomic E-state index is 0.248. The molecule has 1 rings (SSSR count). The van der Waals surface area contributed by atoms with Crippen LogP contribution in [0.25, 0.3) is 0 Å². The minimum Gasteiger partial charge on any atom is -0.292 e. The molecule has 1 atom stereocenters. The number of amides is 1. The molecule has 0 aliphatic heterocycles. The fraction of sp³-hybridized carbons (Fsp3) is 0.429. The summed E-state index contributed by atoms with van der Waals surface area (Å²) in [6, 6.07) is 1.48. The summed E-state index contributed by atoms with van der Waals surface area (Å²) in [5.74, 6) is 4.74. The number of hydrogen-bond donors (Lipinski definition) is 2. The van der Waals surface area contributed by atoms with E-state index in [1.165, 1.54) is 0 Å². The molecular formula is C7H12N4O. The zero-order valence-corrected chi connectivity index (χ0v) is 7.11. The van der Waals surface area contributed by atoms with Gasteiger partial charge in [0.25, 0.3) is 5.91 Å². The van der Waals surface area contributed by atoms with Crippen molar-refractivity contribution in [3.8, 4) is 0 Å². The quantitative estimate of drug-likeness (QED) is 0.363. The Balaban J connectivity index is 2.84. The lowest BCUT2D eigenvalue weighted by Crippen LogP contribution is -2.36. The van der Waals surface area contributed by atoms with E-state index in [1.54, 1.807) is 17.8 Å². The van der Waals surface area contributed by atoms with E-state index in [-0.39, 0.29) is 11.9 Å². The second kappa shape index (κ2) is 3.36. The molecule has 3 N–H and O–H groups in total. The molecule has 1 aromatic heterocycles. The predicted octanol–water partition coefficient (Wildman–Crippen LogP) is -0.258. The molecule has 0 fully saturated rings. The smallest absolute Gasteiger partial charge is 0.258 e. The Kier molecular flexibility index (Phi) is 2.44. The Bertz CT molecular complexity index is 281. The highest BCUT2D eigenvalue weighted by Gasteiger charge is 2.14. The highest BCUT2D eigenvalue weighted by Crippen LogP contribution is 2.06. The zero-order valence-electron chi connectivity index (χ0n) is 7.11. The Hall–Kier alpha value is -1.36. The van der Waals surface area contributed by atoms with Gasteiger partial charge in [-0.3, -0.25) is 14.9 Å². The van der Waals surface area contributed by atoms with Crippen molar-refractivity contribution in [1.82, 2.24) is 15.2 Å². The lowest BCUT2D eigenvalue weighted by atomic mass is 10.3. The van der Waals surface area contributed by atoms with E-state index in [0.717, 1.165) is 5.69 Å². The number of hydrogen-bond acceptors (Lipinski definition) is 3. The average molecular weight is 168 g/mol. The van der Waals surface area contributed by atoms with Crippen LogP contribution in [0.5, 0.6) is 0 Å². The van der Waals surface area contributed by atoms with E-state index in [2.05, 4.69) is 10.5 Å². The van der Waals surface area contributed by atoms with Gasteiger partial charge in [-0.05, 0) is 19.9 Å². The maximum Gasteiger partial charge on any atom is 0.258 e. The molecule has 0 aliphatic rings. The van der Waals surface area contributed by atoms with E-state index in [4.69, 9.17) is 5.84 Å². The van der Waals surface area contributed by atoms with Gasteiger partial charge in [0, 0.05) is 11.9 Å². The molecule has 0 spiro atoms. The van der Waals surface area contributed by atoms with Crippen molar-refractivity contribution in [3.63, 3.8) is 0 Å². The molecule has 0 aromatic carbocycles. The number of aryl methyl sites for hydroxylation is 1. The van der Waals surface area contributed by atoms with Gasteiger partial charge in [-0.1, -0.05) is 0 Å². The first-order valence-electron chi connectivity index (χ1n) is 3.67. The van der Waals surface area contributed by atoms with Crippen LogP contribution in [-0.4, -0.2) is 15.7 Å². The molecule has 5 heteroatoms. The van der Waals surface area contributed by atoms with Gasteiger partial charge in [0.2, 0.25) is 0 Å². The van der Waals surface area contributed by atoms with Crippen molar-refractivity contribution in [2.24, 2.45) is 5.84 Å². The van der Waals surface area contributed by atoms with Crippen molar-refractivity contribution in [2.45, 2.75) is 19.9 Å². The summed E-state index contributed by atoms with van der Waals surface area (Å²) in [6.45, 7) is 3.62. The molecule has 0 bridgehead atoms. The summed E-state index contributed by atoms with van der Waals surface area (Å²) < 4.78 is 1.61. The second-order valence-electron chi connectivity index (χ2n) is 2.60. The molecule has 0 radical (unpaired) electrons. The lowest BCUT2D eigenvalue weighted by Gasteiger charge is -2.11. The topological polar surface area (TPSA) is 72.9 Å². The minimum atomic E-state index is -0.356. The van der Waals surface area contributed by atoms with E-state index < -0.39 is 0 Å². The van der Waals surface area contributed by atoms with E-state index in [0.29, 0.717) is 0 Å². The number of nitrogens with two attached hydrogens (primary N) is 1. The van der Waals surface area contributed by atoms with Crippen LogP contribution in [0.4, 0.5) is 0 Å². The predicted molar refractivity (Wildman–Crippen MR) is 44.0 cm³/mol. The molecule has 1 heterocycles. The van der Waals surface area contributed by atoms with Gasteiger partial charge in [-0.25, -0.2) is 5.84 Å². The third-order valence-electron chi connectivity index (χ3n) is 1.76. The van der Waals surface area contributed by atoms with Crippen molar-refractivity contribution in [3.05, 3.63) is 18.0 Å². The van der Waals surface area contributed by atoms with Crippen LogP contribution in [-0.2, 0) is 4.79 Å². The monoisotopic (exact) mass is 168 g/mol. The highest BCUT2D eigenvalue weighted by atomic mass is 16.2. The Morgan fingerprint density at radius 2 is 2.50 bits per heavy atom. The average Bonchev–Trinajstić information content (AvgIpc) is 2.48. The van der Waals surface area contributed by atoms with Gasteiger partial charge in [0.15, 0.2) is 0 Å². The van der Waals surface area contributed by atoms with E-state index >= 15 is 0 Å². The van der Waals surface area contributed by atoms with Crippen LogP contribution in [0.3, 0.4) is 0 Å². The fourth-order valence-electron chi connectivity index (χ4n) is 1.02. The van der Waals surface area contributed by atoms with E-state index in [1.807, 2.05) is 13.0 Å². The Morgan fingerprint density at radius 1 is 1.83 bits per heavy atom. The number of hydrazine groups is 1. The normalized spacial score (nSPS) is 12.6. The van der Waals surface area contributed by atoms with Crippen molar-refractivity contribution in [1.29, 1.82) is 0 Å². The Morgan fingerprint density at radius 3 is 2.92 bits per heavy atom. The van der Waals surface area contributed by atoms with Gasteiger partial charge in [-0.15, -0.1) is 0 Å². The molecule has 1 amide bonds. The number of rotatable bonds is 2. The SMILES string of the molecule is Cc1ccnn1[C@@H](C)C(=O)NN. The molecule has 66 valence electrons. The van der Waals surface area contributed by atoms with E-state index in [9.17, 15) is 4.79 Å². The van der Waals surface area contributed by atoms with Gasteiger partial charge in [0.1, 0.15) is 6.04 Å². The maximum atomic E-state index is 11.1. The molecule has 0 saturated heterocycles. The number of nitrogens with one attached hydrogen (secondary N) is 1. The van der Waals surface area contributed by atoms with Crippen LogP contribution in [0.2, 0.25) is 0 Å². The largest absolute Gasteiger partial charge is 0.292 e. The summed E-state index contributed by atoms with van der Waals surface area (Å²) in [6.07, 6.45) is 1.65. The summed E-state index contributed by atoms with van der Waals surface area (Å²) in [4.78, 5) is 11.1. The van der Waals surface area contributed by atoms with Gasteiger partial charge >= 0.3 is 0 Å². The third-order valence-corrected chi connectivity index (χ3v) is 1.76. The number of aromatic nitrogens is 2. The number of carbonyl (C=O) groups excluding carboxylic acids is 1. The molecule has 5 nitrogen and oxygen atoms in total. The van der Waals surface area contributed by atoms with Crippen LogP contribution in [0, 0.1) is 6.92 Å². The van der Waals surface area contributed by atoms with Crippen molar-refractivity contribution < 1.29 is 4.79 Å². The highest BCUT2D eigenvalue weighted by molar-refractivity contribution is 5.79.